The van der Waals surface area contributed by atoms with E-state index >= 15 is 0 Å². The molecule has 0 unspecified atom stereocenters. The molecule has 8 heteroatoms. The molecule has 0 saturated carbocycles. The number of nitro groups is 1. The molecule has 0 bridgehead atoms. The van der Waals surface area contributed by atoms with Gasteiger partial charge in [0.1, 0.15) is 0 Å². The summed E-state index contributed by atoms with van der Waals surface area (Å²) in [5.41, 5.74) is 6.24. The third-order valence-electron chi connectivity index (χ3n) is 3.14. The summed E-state index contributed by atoms with van der Waals surface area (Å²) in [6.07, 6.45) is 1.81. The van der Waals surface area contributed by atoms with Crippen molar-refractivity contribution in [2.24, 2.45) is 5.73 Å². The molecule has 20 heavy (non-hydrogen) atoms. The largest absolute Gasteiger partial charge is 0.337 e. The minimum absolute atomic E-state index is 0. The topological polar surface area (TPSA) is 89.5 Å². The number of carbonyl (C=O) groups is 1. The molecule has 0 aliphatic carbocycles. The summed E-state index contributed by atoms with van der Waals surface area (Å²) in [6, 6.07) is 4.17. The lowest BCUT2D eigenvalue weighted by atomic mass is 10.1. The predicted octanol–water partition coefficient (Wildman–Crippen LogP) is 2.34. The van der Waals surface area contributed by atoms with Gasteiger partial charge < -0.3 is 10.6 Å². The first-order chi connectivity index (χ1) is 8.99. The second kappa shape index (κ2) is 7.01. The second-order valence-corrected chi connectivity index (χ2v) is 5.43. The summed E-state index contributed by atoms with van der Waals surface area (Å²) in [6.45, 7) is 1.21. The third-order valence-corrected chi connectivity index (χ3v) is 3.80. The van der Waals surface area contributed by atoms with E-state index in [2.05, 4.69) is 15.9 Å². The molecule has 2 N–H and O–H groups in total. The van der Waals surface area contributed by atoms with Crippen molar-refractivity contribution < 1.29 is 9.72 Å². The SMILES string of the molecule is Cl.N[C@H]1CCCN(C(=O)c2ccc([N+](=O)[O-])cc2Br)C1. The summed E-state index contributed by atoms with van der Waals surface area (Å²) in [4.78, 5) is 24.2. The van der Waals surface area contributed by atoms with Crippen molar-refractivity contribution in [3.8, 4) is 0 Å². The average Bonchev–Trinajstić information content (AvgIpc) is 2.37. The maximum Gasteiger partial charge on any atom is 0.270 e. The van der Waals surface area contributed by atoms with Crippen LogP contribution in [0.1, 0.15) is 23.2 Å². The summed E-state index contributed by atoms with van der Waals surface area (Å²) >= 11 is 3.21. The van der Waals surface area contributed by atoms with E-state index in [1.54, 1.807) is 4.90 Å². The Morgan fingerprint density at radius 2 is 2.20 bits per heavy atom. The molecule has 1 aliphatic rings. The van der Waals surface area contributed by atoms with Gasteiger partial charge in [-0.25, -0.2) is 0 Å². The zero-order chi connectivity index (χ0) is 14.0. The maximum atomic E-state index is 12.3. The minimum atomic E-state index is -0.490. The van der Waals surface area contributed by atoms with Crippen LogP contribution >= 0.6 is 28.3 Å². The highest BCUT2D eigenvalue weighted by Crippen LogP contribution is 2.25. The van der Waals surface area contributed by atoms with E-state index in [1.165, 1.54) is 18.2 Å². The van der Waals surface area contributed by atoms with Gasteiger partial charge in [-0.1, -0.05) is 0 Å². The van der Waals surface area contributed by atoms with Gasteiger partial charge in [-0.05, 0) is 34.8 Å². The van der Waals surface area contributed by atoms with E-state index in [0.717, 1.165) is 12.8 Å². The molecule has 1 amide bonds. The molecule has 2 rings (SSSR count). The standard InChI is InChI=1S/C12H14BrN3O3.ClH/c13-11-6-9(16(18)19)3-4-10(11)12(17)15-5-1-2-8(14)7-15;/h3-4,6,8H,1-2,5,7,14H2;1H/t8-;/m0./s1. The van der Waals surface area contributed by atoms with E-state index in [4.69, 9.17) is 5.73 Å². The summed E-state index contributed by atoms with van der Waals surface area (Å²) in [5.74, 6) is -0.142. The van der Waals surface area contributed by atoms with E-state index < -0.39 is 4.92 Å². The number of benzene rings is 1. The van der Waals surface area contributed by atoms with Crippen LogP contribution in [0.4, 0.5) is 5.69 Å². The van der Waals surface area contributed by atoms with Crippen LogP contribution in [-0.4, -0.2) is 34.9 Å². The van der Waals surface area contributed by atoms with Gasteiger partial charge in [-0.3, -0.25) is 14.9 Å². The van der Waals surface area contributed by atoms with E-state index in [1.807, 2.05) is 0 Å². The van der Waals surface area contributed by atoms with Crippen LogP contribution in [-0.2, 0) is 0 Å². The zero-order valence-electron chi connectivity index (χ0n) is 10.6. The number of hydrogen-bond donors (Lipinski definition) is 1. The number of carbonyl (C=O) groups excluding carboxylic acids is 1. The number of likely N-dealkylation sites (tertiary alicyclic amines) is 1. The Morgan fingerprint density at radius 3 is 2.75 bits per heavy atom. The van der Waals surface area contributed by atoms with Crippen molar-refractivity contribution in [3.05, 3.63) is 38.3 Å². The lowest BCUT2D eigenvalue weighted by Gasteiger charge is -2.31. The van der Waals surface area contributed by atoms with Crippen molar-refractivity contribution in [1.82, 2.24) is 4.90 Å². The summed E-state index contributed by atoms with van der Waals surface area (Å²) in [7, 11) is 0. The number of hydrogen-bond acceptors (Lipinski definition) is 4. The number of nitrogens with two attached hydrogens (primary N) is 1. The number of amides is 1. The van der Waals surface area contributed by atoms with Gasteiger partial charge in [0, 0.05) is 35.7 Å². The van der Waals surface area contributed by atoms with Gasteiger partial charge in [-0.2, -0.15) is 0 Å². The van der Waals surface area contributed by atoms with Gasteiger partial charge in [0.2, 0.25) is 0 Å². The molecular weight excluding hydrogens is 350 g/mol. The first-order valence-corrected chi connectivity index (χ1v) is 6.77. The fourth-order valence-corrected chi connectivity index (χ4v) is 2.69. The highest BCUT2D eigenvalue weighted by atomic mass is 79.9. The lowest BCUT2D eigenvalue weighted by Crippen LogP contribution is -2.45. The van der Waals surface area contributed by atoms with Crippen LogP contribution < -0.4 is 5.73 Å². The molecule has 6 nitrogen and oxygen atoms in total. The van der Waals surface area contributed by atoms with Crippen LogP contribution in [0.2, 0.25) is 0 Å². The monoisotopic (exact) mass is 363 g/mol. The number of non-ortho nitro benzene ring substituents is 1. The third kappa shape index (κ3) is 3.68. The maximum absolute atomic E-state index is 12.3. The number of halogens is 2. The second-order valence-electron chi connectivity index (χ2n) is 4.57. The molecule has 1 saturated heterocycles. The molecule has 1 heterocycles. The Morgan fingerprint density at radius 1 is 1.50 bits per heavy atom. The van der Waals surface area contributed by atoms with Crippen molar-refractivity contribution in [3.63, 3.8) is 0 Å². The number of piperidine rings is 1. The molecule has 0 aromatic heterocycles. The lowest BCUT2D eigenvalue weighted by molar-refractivity contribution is -0.384. The number of rotatable bonds is 2. The van der Waals surface area contributed by atoms with Crippen molar-refractivity contribution in [2.45, 2.75) is 18.9 Å². The van der Waals surface area contributed by atoms with Crippen LogP contribution in [0.15, 0.2) is 22.7 Å². The first-order valence-electron chi connectivity index (χ1n) is 5.98. The smallest absolute Gasteiger partial charge is 0.270 e. The van der Waals surface area contributed by atoms with E-state index in [0.29, 0.717) is 23.1 Å². The first kappa shape index (κ1) is 16.9. The molecular formula is C12H15BrClN3O3. The fraction of sp³-hybridized carbons (Fsp3) is 0.417. The van der Waals surface area contributed by atoms with Crippen molar-refractivity contribution in [2.75, 3.05) is 13.1 Å². The van der Waals surface area contributed by atoms with Gasteiger partial charge in [0.05, 0.1) is 10.5 Å². The summed E-state index contributed by atoms with van der Waals surface area (Å²) in [5, 5.41) is 10.7. The highest BCUT2D eigenvalue weighted by Gasteiger charge is 2.24. The van der Waals surface area contributed by atoms with Gasteiger partial charge in [0.25, 0.3) is 11.6 Å². The Balaban J connectivity index is 0.00000200. The highest BCUT2D eigenvalue weighted by molar-refractivity contribution is 9.10. The van der Waals surface area contributed by atoms with Crippen LogP contribution in [0.3, 0.4) is 0 Å². The van der Waals surface area contributed by atoms with Crippen LogP contribution in [0, 0.1) is 10.1 Å². The Bertz CT molecular complexity index is 527. The van der Waals surface area contributed by atoms with Gasteiger partial charge >= 0.3 is 0 Å². The van der Waals surface area contributed by atoms with Gasteiger partial charge in [-0.15, -0.1) is 12.4 Å². The minimum Gasteiger partial charge on any atom is -0.337 e. The van der Waals surface area contributed by atoms with Crippen molar-refractivity contribution >= 4 is 39.9 Å². The molecule has 1 aromatic rings. The summed E-state index contributed by atoms with van der Waals surface area (Å²) < 4.78 is 0.436. The molecule has 110 valence electrons. The Hall–Kier alpha value is -1.18. The molecule has 1 aromatic carbocycles. The average molecular weight is 365 g/mol. The molecule has 1 fully saturated rings. The molecule has 1 aliphatic heterocycles. The van der Waals surface area contributed by atoms with Crippen molar-refractivity contribution in [1.29, 1.82) is 0 Å². The zero-order valence-corrected chi connectivity index (χ0v) is 13.0. The fourth-order valence-electron chi connectivity index (χ4n) is 2.16. The van der Waals surface area contributed by atoms with Crippen LogP contribution in [0.5, 0.6) is 0 Å². The Labute approximate surface area is 131 Å². The number of nitrogens with zero attached hydrogens (tertiary/aromatic N) is 2. The van der Waals surface area contributed by atoms with E-state index in [9.17, 15) is 14.9 Å². The normalized spacial score (nSPS) is 18.3. The molecule has 0 radical (unpaired) electrons. The Kier molecular flexibility index (Phi) is 5.91. The molecule has 0 spiro atoms. The van der Waals surface area contributed by atoms with E-state index in [-0.39, 0.29) is 30.0 Å². The quantitative estimate of drug-likeness (QED) is 0.644. The van der Waals surface area contributed by atoms with Gasteiger partial charge in [0.15, 0.2) is 0 Å². The molecule has 1 atom stereocenters. The number of nitro benzene ring substituents is 1. The predicted molar refractivity (Wildman–Crippen MR) is 81.2 cm³/mol. The van der Waals surface area contributed by atoms with Crippen LogP contribution in [0.25, 0.3) is 0 Å².